The third-order valence-electron chi connectivity index (χ3n) is 5.75. The van der Waals surface area contributed by atoms with Gasteiger partial charge < -0.3 is 19.2 Å². The minimum Gasteiger partial charge on any atom is -0.496 e. The molecule has 0 spiro atoms. The first-order valence-electron chi connectivity index (χ1n) is 10.8. The fourth-order valence-electron chi connectivity index (χ4n) is 4.10. The lowest BCUT2D eigenvalue weighted by molar-refractivity contribution is -0.111. The van der Waals surface area contributed by atoms with Gasteiger partial charge in [0.2, 0.25) is 5.91 Å². The zero-order valence-electron chi connectivity index (χ0n) is 19.9. The molecule has 174 valence electrons. The summed E-state index contributed by atoms with van der Waals surface area (Å²) in [6.45, 7) is 3.87. The number of para-hydroxylation sites is 1. The number of amides is 1. The van der Waals surface area contributed by atoms with E-state index in [0.29, 0.717) is 5.75 Å². The van der Waals surface area contributed by atoms with Gasteiger partial charge in [0.05, 0.1) is 20.5 Å². The molecule has 1 N–H and O–H groups in total. The topological polar surface area (TPSA) is 60.7 Å². The van der Waals surface area contributed by atoms with Crippen molar-refractivity contribution < 1.29 is 18.7 Å². The van der Waals surface area contributed by atoms with Crippen LogP contribution in [0, 0.1) is 6.92 Å². The van der Waals surface area contributed by atoms with Gasteiger partial charge in [0.15, 0.2) is 0 Å². The molecule has 0 fully saturated rings. The Bertz CT molecular complexity index is 1390. The zero-order valence-corrected chi connectivity index (χ0v) is 20.7. The van der Waals surface area contributed by atoms with Crippen LogP contribution in [0.15, 0.2) is 76.2 Å². The van der Waals surface area contributed by atoms with Crippen molar-refractivity contribution in [3.63, 3.8) is 0 Å². The van der Waals surface area contributed by atoms with E-state index in [-0.39, 0.29) is 5.91 Å². The Morgan fingerprint density at radius 1 is 1.03 bits per heavy atom. The number of anilines is 1. The van der Waals surface area contributed by atoms with Crippen LogP contribution >= 0.6 is 11.8 Å². The third-order valence-corrected chi connectivity index (χ3v) is 6.48. The summed E-state index contributed by atoms with van der Waals surface area (Å²) in [5, 5.41) is 3.88. The first-order valence-corrected chi connectivity index (χ1v) is 12.0. The number of allylic oxidation sites excluding steroid dienone is 1. The van der Waals surface area contributed by atoms with Crippen LogP contribution in [0.25, 0.3) is 27.7 Å². The van der Waals surface area contributed by atoms with E-state index in [4.69, 9.17) is 13.9 Å². The number of methoxy groups -OCH3 is 2. The average molecular weight is 474 g/mol. The number of furan rings is 1. The Morgan fingerprint density at radius 2 is 1.82 bits per heavy atom. The van der Waals surface area contributed by atoms with Crippen molar-refractivity contribution in [3.05, 3.63) is 78.1 Å². The van der Waals surface area contributed by atoms with Crippen molar-refractivity contribution in [1.29, 1.82) is 0 Å². The van der Waals surface area contributed by atoms with Gasteiger partial charge in [-0.2, -0.15) is 0 Å². The lowest BCUT2D eigenvalue weighted by Crippen LogP contribution is -2.08. The first-order chi connectivity index (χ1) is 16.5. The number of nitrogens with one attached hydrogen (secondary N) is 1. The van der Waals surface area contributed by atoms with Crippen molar-refractivity contribution >= 4 is 39.9 Å². The lowest BCUT2D eigenvalue weighted by Gasteiger charge is -2.14. The summed E-state index contributed by atoms with van der Waals surface area (Å²) >= 11 is 1.63. The van der Waals surface area contributed by atoms with Crippen molar-refractivity contribution in [2.24, 2.45) is 0 Å². The molecule has 0 atom stereocenters. The van der Waals surface area contributed by atoms with Gasteiger partial charge in [0.25, 0.3) is 0 Å². The molecule has 0 saturated carbocycles. The quantitative estimate of drug-likeness (QED) is 0.227. The summed E-state index contributed by atoms with van der Waals surface area (Å²) in [5.74, 6) is 1.24. The molecule has 0 radical (unpaired) electrons. The molecule has 0 aliphatic rings. The fourth-order valence-corrected chi connectivity index (χ4v) is 4.56. The molecular formula is C28H27NO4S. The highest BCUT2D eigenvalue weighted by atomic mass is 32.2. The molecule has 0 saturated heterocycles. The van der Waals surface area contributed by atoms with E-state index in [9.17, 15) is 4.79 Å². The molecule has 0 bridgehead atoms. The second-order valence-corrected chi connectivity index (χ2v) is 8.74. The molecule has 0 aliphatic carbocycles. The Balaban J connectivity index is 1.77. The van der Waals surface area contributed by atoms with Crippen LogP contribution in [0.2, 0.25) is 0 Å². The summed E-state index contributed by atoms with van der Waals surface area (Å²) in [7, 11) is 3.28. The highest BCUT2D eigenvalue weighted by Crippen LogP contribution is 2.42. The van der Waals surface area contributed by atoms with Crippen LogP contribution in [-0.4, -0.2) is 26.4 Å². The molecule has 0 unspecified atom stereocenters. The Hall–Kier alpha value is -3.64. The molecule has 1 amide bonds. The lowest BCUT2D eigenvalue weighted by atomic mass is 9.96. The van der Waals surface area contributed by atoms with Gasteiger partial charge in [-0.25, -0.2) is 0 Å². The molecule has 3 aromatic carbocycles. The number of rotatable bonds is 7. The van der Waals surface area contributed by atoms with Gasteiger partial charge in [-0.05, 0) is 56.0 Å². The normalized spacial score (nSPS) is 11.5. The largest absolute Gasteiger partial charge is 0.496 e. The van der Waals surface area contributed by atoms with Gasteiger partial charge in [-0.3, -0.25) is 4.79 Å². The van der Waals surface area contributed by atoms with E-state index < -0.39 is 0 Å². The van der Waals surface area contributed by atoms with Gasteiger partial charge in [-0.1, -0.05) is 24.3 Å². The number of ether oxygens (including phenoxy) is 2. The number of benzene rings is 3. The molecule has 4 aromatic rings. The van der Waals surface area contributed by atoms with Gasteiger partial charge in [0, 0.05) is 44.3 Å². The van der Waals surface area contributed by atoms with Crippen LogP contribution in [0.1, 0.15) is 18.1 Å². The fraction of sp³-hybridized carbons (Fsp3) is 0.179. The summed E-state index contributed by atoms with van der Waals surface area (Å²) in [6.07, 6.45) is 5.34. The maximum absolute atomic E-state index is 12.8. The van der Waals surface area contributed by atoms with Crippen molar-refractivity contribution in [3.8, 4) is 22.6 Å². The van der Waals surface area contributed by atoms with Crippen molar-refractivity contribution in [1.82, 2.24) is 0 Å². The van der Waals surface area contributed by atoms with Crippen molar-refractivity contribution in [2.75, 3.05) is 25.8 Å². The second-order valence-electron chi connectivity index (χ2n) is 7.86. The number of hydrogen-bond donors (Lipinski definition) is 1. The van der Waals surface area contributed by atoms with Gasteiger partial charge in [-0.15, -0.1) is 11.8 Å². The maximum atomic E-state index is 12.8. The van der Waals surface area contributed by atoms with Gasteiger partial charge in [0.1, 0.15) is 17.1 Å². The summed E-state index contributed by atoms with van der Waals surface area (Å²) in [4.78, 5) is 13.9. The summed E-state index contributed by atoms with van der Waals surface area (Å²) < 4.78 is 17.3. The van der Waals surface area contributed by atoms with Crippen LogP contribution in [0.5, 0.6) is 11.5 Å². The van der Waals surface area contributed by atoms with E-state index in [1.54, 1.807) is 38.3 Å². The number of carbonyl (C=O) groups excluding carboxylic acids is 1. The Labute approximate surface area is 203 Å². The predicted octanol–water partition coefficient (Wildman–Crippen LogP) is 7.19. The highest BCUT2D eigenvalue weighted by Gasteiger charge is 2.20. The molecule has 0 aliphatic heterocycles. The van der Waals surface area contributed by atoms with E-state index >= 15 is 0 Å². The number of carbonyl (C=O) groups is 1. The van der Waals surface area contributed by atoms with Crippen LogP contribution in [0.4, 0.5) is 5.69 Å². The van der Waals surface area contributed by atoms with Crippen LogP contribution < -0.4 is 14.8 Å². The Kier molecular flexibility index (Phi) is 6.98. The van der Waals surface area contributed by atoms with E-state index in [1.807, 2.05) is 74.7 Å². The molecule has 1 heterocycles. The third kappa shape index (κ3) is 4.54. The number of fused-ring (bicyclic) bond motifs is 1. The summed E-state index contributed by atoms with van der Waals surface area (Å²) in [5.41, 5.74) is 5.85. The Morgan fingerprint density at radius 3 is 2.56 bits per heavy atom. The second kappa shape index (κ2) is 10.1. The van der Waals surface area contributed by atoms with Crippen LogP contribution in [-0.2, 0) is 4.79 Å². The number of aryl methyl sites for hydroxylation is 1. The smallest absolute Gasteiger partial charge is 0.248 e. The average Bonchev–Trinajstić information content (AvgIpc) is 3.28. The standard InChI is InChI=1S/C28H27NO4S/c1-17(13-26(30)29-19-9-8-10-20(14-19)34-5)22-15-23-24(21-11-6-7-12-25(21)31-3)16-33-28(23)18(2)27(22)32-4/h6-16H,1-5H3,(H,29,30)/b17-13+. The van der Waals surface area contributed by atoms with Gasteiger partial charge >= 0.3 is 0 Å². The SMILES string of the molecule is COc1ccccc1-c1coc2c(C)c(OC)c(/C(C)=C/C(=O)Nc3cccc(SC)c3)cc12. The monoisotopic (exact) mass is 473 g/mol. The molecular weight excluding hydrogens is 446 g/mol. The highest BCUT2D eigenvalue weighted by molar-refractivity contribution is 7.98. The molecule has 6 heteroatoms. The molecule has 34 heavy (non-hydrogen) atoms. The molecule has 4 rings (SSSR count). The number of hydrogen-bond acceptors (Lipinski definition) is 5. The zero-order chi connectivity index (χ0) is 24.2. The van der Waals surface area contributed by atoms with Crippen LogP contribution in [0.3, 0.4) is 0 Å². The summed E-state index contributed by atoms with van der Waals surface area (Å²) in [6, 6.07) is 17.6. The predicted molar refractivity (Wildman–Crippen MR) is 140 cm³/mol. The van der Waals surface area contributed by atoms with E-state index in [0.717, 1.165) is 55.1 Å². The maximum Gasteiger partial charge on any atom is 0.248 e. The molecule has 5 nitrogen and oxygen atoms in total. The molecule has 1 aromatic heterocycles. The number of thioether (sulfide) groups is 1. The van der Waals surface area contributed by atoms with E-state index in [1.165, 1.54) is 0 Å². The first kappa shape index (κ1) is 23.5. The van der Waals surface area contributed by atoms with Crippen molar-refractivity contribution in [2.45, 2.75) is 18.7 Å². The van der Waals surface area contributed by atoms with E-state index in [2.05, 4.69) is 5.32 Å². The minimum absolute atomic E-state index is 0.201. The minimum atomic E-state index is -0.201.